The molecule has 0 saturated carbocycles. The summed E-state index contributed by atoms with van der Waals surface area (Å²) < 4.78 is 18.9. The molecule has 0 spiro atoms. The molecule has 1 aromatic heterocycles. The molecular weight excluding hydrogens is 231 g/mol. The van der Waals surface area contributed by atoms with Crippen LogP contribution >= 0.6 is 0 Å². The van der Waals surface area contributed by atoms with Crippen LogP contribution in [0.2, 0.25) is 0 Å². The summed E-state index contributed by atoms with van der Waals surface area (Å²) in [4.78, 5) is 4.01. The van der Waals surface area contributed by atoms with E-state index in [1.54, 1.807) is 30.6 Å². The number of aromatic nitrogens is 1. The van der Waals surface area contributed by atoms with Gasteiger partial charge in [-0.15, -0.1) is 0 Å². The monoisotopic (exact) mass is 246 g/mol. The van der Waals surface area contributed by atoms with Gasteiger partial charge in [0, 0.05) is 18.4 Å². The zero-order valence-electron chi connectivity index (χ0n) is 10.1. The number of rotatable bonds is 4. The molecule has 2 rings (SSSR count). The molecule has 0 radical (unpaired) electrons. The fourth-order valence-electron chi connectivity index (χ4n) is 1.82. The molecule has 0 saturated heterocycles. The number of pyridine rings is 1. The molecule has 4 heteroatoms. The first kappa shape index (κ1) is 12.5. The Labute approximate surface area is 105 Å². The second-order valence-corrected chi connectivity index (χ2v) is 4.03. The quantitative estimate of drug-likeness (QED) is 0.901. The van der Waals surface area contributed by atoms with E-state index in [4.69, 9.17) is 10.5 Å². The van der Waals surface area contributed by atoms with Gasteiger partial charge in [-0.1, -0.05) is 18.2 Å². The van der Waals surface area contributed by atoms with Gasteiger partial charge in [0.15, 0.2) is 11.6 Å². The number of nitrogens with zero attached hydrogens (tertiary/aromatic N) is 1. The Morgan fingerprint density at radius 1 is 1.33 bits per heavy atom. The smallest absolute Gasteiger partial charge is 0.168 e. The molecule has 1 atom stereocenters. The Morgan fingerprint density at radius 2 is 2.17 bits per heavy atom. The summed E-state index contributed by atoms with van der Waals surface area (Å²) in [7, 11) is 1.45. The van der Waals surface area contributed by atoms with Crippen molar-refractivity contribution in [1.82, 2.24) is 4.98 Å². The standard InChI is InChI=1S/C14H15FN2O/c1-18-13-6-2-4-10(14(13)15)8-12(16)11-5-3-7-17-9-11/h2-7,9,12H,8,16H2,1H3. The van der Waals surface area contributed by atoms with Crippen LogP contribution < -0.4 is 10.5 Å². The van der Waals surface area contributed by atoms with Gasteiger partial charge in [-0.2, -0.15) is 0 Å². The second kappa shape index (κ2) is 5.60. The van der Waals surface area contributed by atoms with Crippen LogP contribution in [0, 0.1) is 5.82 Å². The fraction of sp³-hybridized carbons (Fsp3) is 0.214. The van der Waals surface area contributed by atoms with Crippen LogP contribution in [0.15, 0.2) is 42.7 Å². The van der Waals surface area contributed by atoms with Gasteiger partial charge >= 0.3 is 0 Å². The lowest BCUT2D eigenvalue weighted by atomic mass is 10.0. The van der Waals surface area contributed by atoms with Crippen LogP contribution in [0.3, 0.4) is 0 Å². The highest BCUT2D eigenvalue weighted by molar-refractivity contribution is 5.32. The number of hydrogen-bond donors (Lipinski definition) is 1. The van der Waals surface area contributed by atoms with E-state index in [0.717, 1.165) is 5.56 Å². The average Bonchev–Trinajstić information content (AvgIpc) is 2.42. The first-order valence-corrected chi connectivity index (χ1v) is 5.69. The van der Waals surface area contributed by atoms with Crippen LogP contribution in [0.4, 0.5) is 4.39 Å². The van der Waals surface area contributed by atoms with Crippen molar-refractivity contribution in [3.05, 3.63) is 59.7 Å². The molecule has 0 fully saturated rings. The molecule has 0 amide bonds. The molecule has 0 bridgehead atoms. The predicted molar refractivity (Wildman–Crippen MR) is 67.8 cm³/mol. The van der Waals surface area contributed by atoms with Crippen LogP contribution in [-0.2, 0) is 6.42 Å². The van der Waals surface area contributed by atoms with Crippen molar-refractivity contribution in [1.29, 1.82) is 0 Å². The maximum absolute atomic E-state index is 14.0. The molecule has 0 aliphatic carbocycles. The Morgan fingerprint density at radius 3 is 2.83 bits per heavy atom. The number of hydrogen-bond acceptors (Lipinski definition) is 3. The summed E-state index contributed by atoms with van der Waals surface area (Å²) in [6.07, 6.45) is 3.79. The minimum Gasteiger partial charge on any atom is -0.494 e. The van der Waals surface area contributed by atoms with Gasteiger partial charge in [0.2, 0.25) is 0 Å². The van der Waals surface area contributed by atoms with Gasteiger partial charge < -0.3 is 10.5 Å². The SMILES string of the molecule is COc1cccc(CC(N)c2cccnc2)c1F. The molecule has 94 valence electrons. The van der Waals surface area contributed by atoms with Crippen LogP contribution in [0.1, 0.15) is 17.2 Å². The summed E-state index contributed by atoms with van der Waals surface area (Å²) in [5.74, 6) is -0.106. The van der Waals surface area contributed by atoms with Gasteiger partial charge in [-0.05, 0) is 29.7 Å². The maximum Gasteiger partial charge on any atom is 0.168 e. The molecule has 2 N–H and O–H groups in total. The highest BCUT2D eigenvalue weighted by atomic mass is 19.1. The minimum absolute atomic E-state index is 0.242. The predicted octanol–water partition coefficient (Wildman–Crippen LogP) is 2.47. The van der Waals surface area contributed by atoms with Crippen molar-refractivity contribution >= 4 is 0 Å². The van der Waals surface area contributed by atoms with E-state index in [2.05, 4.69) is 4.98 Å². The van der Waals surface area contributed by atoms with E-state index < -0.39 is 0 Å². The molecule has 0 aliphatic rings. The van der Waals surface area contributed by atoms with Gasteiger partial charge in [0.25, 0.3) is 0 Å². The van der Waals surface area contributed by atoms with Gasteiger partial charge in [-0.25, -0.2) is 4.39 Å². The number of nitrogens with two attached hydrogens (primary N) is 1. The Kier molecular flexibility index (Phi) is 3.89. The van der Waals surface area contributed by atoms with Gasteiger partial charge in [-0.3, -0.25) is 4.98 Å². The third-order valence-electron chi connectivity index (χ3n) is 2.82. The molecule has 2 aromatic rings. The summed E-state index contributed by atoms with van der Waals surface area (Å²) in [6.45, 7) is 0. The lowest BCUT2D eigenvalue weighted by Crippen LogP contribution is -2.14. The Bertz CT molecular complexity index is 516. The largest absolute Gasteiger partial charge is 0.494 e. The van der Waals surface area contributed by atoms with E-state index in [9.17, 15) is 4.39 Å². The van der Waals surface area contributed by atoms with E-state index in [-0.39, 0.29) is 17.6 Å². The molecule has 18 heavy (non-hydrogen) atoms. The van der Waals surface area contributed by atoms with E-state index in [1.165, 1.54) is 7.11 Å². The number of ether oxygens (including phenoxy) is 1. The van der Waals surface area contributed by atoms with Crippen LogP contribution in [0.25, 0.3) is 0 Å². The Hall–Kier alpha value is -1.94. The first-order valence-electron chi connectivity index (χ1n) is 5.69. The van der Waals surface area contributed by atoms with E-state index >= 15 is 0 Å². The number of halogens is 1. The van der Waals surface area contributed by atoms with Crippen molar-refractivity contribution in [2.75, 3.05) is 7.11 Å². The van der Waals surface area contributed by atoms with Crippen molar-refractivity contribution in [3.63, 3.8) is 0 Å². The lowest BCUT2D eigenvalue weighted by molar-refractivity contribution is 0.383. The Balaban J connectivity index is 2.19. The molecule has 1 unspecified atom stereocenters. The highest BCUT2D eigenvalue weighted by Gasteiger charge is 2.13. The number of methoxy groups -OCH3 is 1. The fourth-order valence-corrected chi connectivity index (χ4v) is 1.82. The van der Waals surface area contributed by atoms with Gasteiger partial charge in [0.1, 0.15) is 0 Å². The van der Waals surface area contributed by atoms with E-state index in [0.29, 0.717) is 12.0 Å². The summed E-state index contributed by atoms with van der Waals surface area (Å²) in [5.41, 5.74) is 7.48. The second-order valence-electron chi connectivity index (χ2n) is 4.03. The lowest BCUT2D eigenvalue weighted by Gasteiger charge is -2.13. The zero-order chi connectivity index (χ0) is 13.0. The highest BCUT2D eigenvalue weighted by Crippen LogP contribution is 2.23. The summed E-state index contributed by atoms with van der Waals surface area (Å²) >= 11 is 0. The van der Waals surface area contributed by atoms with Gasteiger partial charge in [0.05, 0.1) is 7.11 Å². The third kappa shape index (κ3) is 2.65. The normalized spacial score (nSPS) is 12.2. The first-order chi connectivity index (χ1) is 8.72. The van der Waals surface area contributed by atoms with Crippen LogP contribution in [-0.4, -0.2) is 12.1 Å². The summed E-state index contributed by atoms with van der Waals surface area (Å²) in [6, 6.07) is 8.49. The zero-order valence-corrected chi connectivity index (χ0v) is 10.1. The molecular formula is C14H15FN2O. The van der Waals surface area contributed by atoms with Crippen LogP contribution in [0.5, 0.6) is 5.75 Å². The van der Waals surface area contributed by atoms with Crippen molar-refractivity contribution < 1.29 is 9.13 Å². The summed E-state index contributed by atoms with van der Waals surface area (Å²) in [5, 5.41) is 0. The third-order valence-corrected chi connectivity index (χ3v) is 2.82. The van der Waals surface area contributed by atoms with E-state index in [1.807, 2.05) is 12.1 Å². The average molecular weight is 246 g/mol. The molecule has 3 nitrogen and oxygen atoms in total. The van der Waals surface area contributed by atoms with Crippen molar-refractivity contribution in [3.8, 4) is 5.75 Å². The molecule has 1 aromatic carbocycles. The molecule has 0 aliphatic heterocycles. The minimum atomic E-state index is -0.348. The molecule has 1 heterocycles. The van der Waals surface area contributed by atoms with Crippen molar-refractivity contribution in [2.45, 2.75) is 12.5 Å². The number of benzene rings is 1. The topological polar surface area (TPSA) is 48.1 Å². The maximum atomic E-state index is 14.0. The van der Waals surface area contributed by atoms with Crippen molar-refractivity contribution in [2.24, 2.45) is 5.73 Å².